The van der Waals surface area contributed by atoms with Crippen LogP contribution in [0.5, 0.6) is 0 Å². The van der Waals surface area contributed by atoms with Crippen molar-refractivity contribution in [3.8, 4) is 0 Å². The first-order chi connectivity index (χ1) is 6.73. The third kappa shape index (κ3) is 3.38. The summed E-state index contributed by atoms with van der Waals surface area (Å²) in [5.74, 6) is 0. The summed E-state index contributed by atoms with van der Waals surface area (Å²) >= 11 is 0. The van der Waals surface area contributed by atoms with Gasteiger partial charge in [0.15, 0.2) is 0 Å². The molecule has 1 aliphatic heterocycles. The van der Waals surface area contributed by atoms with E-state index in [2.05, 4.69) is 17.6 Å². The minimum absolute atomic E-state index is 0.133. The summed E-state index contributed by atoms with van der Waals surface area (Å²) in [5, 5.41) is 6.09. The molecule has 1 rings (SSSR count). The minimum Gasteiger partial charge on any atom is -0.444 e. The van der Waals surface area contributed by atoms with Crippen LogP contribution in [-0.4, -0.2) is 30.8 Å². The van der Waals surface area contributed by atoms with Crippen molar-refractivity contribution in [2.24, 2.45) is 5.41 Å². The zero-order valence-electron chi connectivity index (χ0n) is 10.3. The van der Waals surface area contributed by atoms with Crippen molar-refractivity contribution in [2.75, 3.05) is 13.1 Å². The fourth-order valence-electron chi connectivity index (χ4n) is 1.48. The number of nitrogens with one attached hydrogen (secondary N) is 2. The Morgan fingerprint density at radius 2 is 2.00 bits per heavy atom. The molecule has 1 aliphatic rings. The number of carbonyl (C=O) groups is 1. The molecule has 15 heavy (non-hydrogen) atoms. The fourth-order valence-corrected chi connectivity index (χ4v) is 1.48. The Morgan fingerprint density at radius 3 is 2.33 bits per heavy atom. The van der Waals surface area contributed by atoms with Gasteiger partial charge in [-0.05, 0) is 27.7 Å². The number of hydrogen-bond acceptors (Lipinski definition) is 3. The van der Waals surface area contributed by atoms with Crippen molar-refractivity contribution in [2.45, 2.75) is 46.3 Å². The van der Waals surface area contributed by atoms with Gasteiger partial charge in [-0.2, -0.15) is 0 Å². The number of carbonyl (C=O) groups excluding carboxylic acids is 1. The Labute approximate surface area is 91.8 Å². The monoisotopic (exact) mass is 214 g/mol. The van der Waals surface area contributed by atoms with Gasteiger partial charge in [0.2, 0.25) is 0 Å². The van der Waals surface area contributed by atoms with Crippen LogP contribution in [0.25, 0.3) is 0 Å². The molecule has 4 heteroatoms. The highest BCUT2D eigenvalue weighted by Gasteiger charge is 2.38. The molecule has 1 amide bonds. The summed E-state index contributed by atoms with van der Waals surface area (Å²) in [6.45, 7) is 11.7. The van der Waals surface area contributed by atoms with Gasteiger partial charge in [-0.25, -0.2) is 4.79 Å². The maximum atomic E-state index is 11.5. The van der Waals surface area contributed by atoms with Gasteiger partial charge >= 0.3 is 6.09 Å². The SMILES string of the molecule is CC(NC(=O)OC(C)(C)C)C1(C)CNC1. The molecule has 1 atom stereocenters. The molecule has 0 aromatic heterocycles. The molecular formula is C11H22N2O2. The van der Waals surface area contributed by atoms with E-state index in [1.807, 2.05) is 27.7 Å². The average Bonchev–Trinajstić information content (AvgIpc) is 1.95. The van der Waals surface area contributed by atoms with Gasteiger partial charge < -0.3 is 15.4 Å². The summed E-state index contributed by atoms with van der Waals surface area (Å²) in [5.41, 5.74) is -0.264. The normalized spacial score (nSPS) is 21.4. The number of ether oxygens (including phenoxy) is 1. The van der Waals surface area contributed by atoms with Crippen molar-refractivity contribution in [1.82, 2.24) is 10.6 Å². The first-order valence-corrected chi connectivity index (χ1v) is 5.43. The zero-order chi connectivity index (χ0) is 11.7. The van der Waals surface area contributed by atoms with E-state index in [4.69, 9.17) is 4.74 Å². The highest BCUT2D eigenvalue weighted by atomic mass is 16.6. The molecule has 4 nitrogen and oxygen atoms in total. The molecule has 0 radical (unpaired) electrons. The Balaban J connectivity index is 2.38. The second-order valence-electron chi connectivity index (χ2n) is 5.63. The Morgan fingerprint density at radius 1 is 1.47 bits per heavy atom. The summed E-state index contributed by atoms with van der Waals surface area (Å²) < 4.78 is 5.20. The molecule has 0 bridgehead atoms. The molecule has 2 N–H and O–H groups in total. The van der Waals surface area contributed by atoms with Crippen molar-refractivity contribution >= 4 is 6.09 Å². The van der Waals surface area contributed by atoms with Crippen LogP contribution < -0.4 is 10.6 Å². The number of amides is 1. The van der Waals surface area contributed by atoms with Crippen LogP contribution in [-0.2, 0) is 4.74 Å². The number of alkyl carbamates (subject to hydrolysis) is 1. The number of rotatable bonds is 2. The van der Waals surface area contributed by atoms with Crippen molar-refractivity contribution in [1.29, 1.82) is 0 Å². The van der Waals surface area contributed by atoms with Gasteiger partial charge in [0.25, 0.3) is 0 Å². The van der Waals surface area contributed by atoms with Crippen LogP contribution in [0.2, 0.25) is 0 Å². The summed E-state index contributed by atoms with van der Waals surface area (Å²) in [6, 6.07) is 0.133. The van der Waals surface area contributed by atoms with Crippen LogP contribution >= 0.6 is 0 Å². The van der Waals surface area contributed by atoms with Crippen LogP contribution in [0.1, 0.15) is 34.6 Å². The largest absolute Gasteiger partial charge is 0.444 e. The molecule has 0 saturated carbocycles. The van der Waals surface area contributed by atoms with E-state index in [9.17, 15) is 4.79 Å². The average molecular weight is 214 g/mol. The first kappa shape index (κ1) is 12.3. The molecule has 1 heterocycles. The lowest BCUT2D eigenvalue weighted by Crippen LogP contribution is -2.61. The highest BCUT2D eigenvalue weighted by Crippen LogP contribution is 2.25. The van der Waals surface area contributed by atoms with E-state index >= 15 is 0 Å². The molecule has 1 saturated heterocycles. The van der Waals surface area contributed by atoms with Gasteiger partial charge in [-0.3, -0.25) is 0 Å². The Bertz CT molecular complexity index is 241. The standard InChI is InChI=1S/C11H22N2O2/c1-8(11(5)6-12-7-11)13-9(14)15-10(2,3)4/h8,12H,6-7H2,1-5H3,(H,13,14). The second-order valence-corrected chi connectivity index (χ2v) is 5.63. The van der Waals surface area contributed by atoms with Gasteiger partial charge in [0.1, 0.15) is 5.60 Å². The molecule has 0 spiro atoms. The summed E-state index contributed by atoms with van der Waals surface area (Å²) in [6.07, 6.45) is -0.330. The van der Waals surface area contributed by atoms with E-state index in [1.165, 1.54) is 0 Å². The minimum atomic E-state index is -0.428. The van der Waals surface area contributed by atoms with Crippen LogP contribution in [0.3, 0.4) is 0 Å². The molecule has 0 aliphatic carbocycles. The van der Waals surface area contributed by atoms with Gasteiger partial charge in [0.05, 0.1) is 0 Å². The molecule has 0 aromatic carbocycles. The second kappa shape index (κ2) is 4.00. The Kier molecular flexibility index (Phi) is 3.28. The van der Waals surface area contributed by atoms with E-state index in [1.54, 1.807) is 0 Å². The summed E-state index contributed by atoms with van der Waals surface area (Å²) in [4.78, 5) is 11.5. The quantitative estimate of drug-likeness (QED) is 0.732. The molecule has 0 aromatic rings. The van der Waals surface area contributed by atoms with Gasteiger partial charge in [-0.1, -0.05) is 6.92 Å². The van der Waals surface area contributed by atoms with Crippen LogP contribution in [0.4, 0.5) is 4.79 Å². The molecular weight excluding hydrogens is 192 g/mol. The predicted octanol–water partition coefficient (Wildman–Crippen LogP) is 1.51. The van der Waals surface area contributed by atoms with E-state index in [-0.39, 0.29) is 17.6 Å². The fraction of sp³-hybridized carbons (Fsp3) is 0.909. The molecule has 1 fully saturated rings. The first-order valence-electron chi connectivity index (χ1n) is 5.43. The van der Waals surface area contributed by atoms with E-state index in [0.717, 1.165) is 13.1 Å². The molecule has 1 unspecified atom stereocenters. The van der Waals surface area contributed by atoms with Gasteiger partial charge in [0, 0.05) is 24.5 Å². The van der Waals surface area contributed by atoms with Crippen LogP contribution in [0.15, 0.2) is 0 Å². The predicted molar refractivity (Wildman–Crippen MR) is 59.8 cm³/mol. The maximum Gasteiger partial charge on any atom is 0.407 e. The highest BCUT2D eigenvalue weighted by molar-refractivity contribution is 5.68. The van der Waals surface area contributed by atoms with Crippen molar-refractivity contribution < 1.29 is 9.53 Å². The summed E-state index contributed by atoms with van der Waals surface area (Å²) in [7, 11) is 0. The van der Waals surface area contributed by atoms with E-state index in [0.29, 0.717) is 0 Å². The van der Waals surface area contributed by atoms with Gasteiger partial charge in [-0.15, -0.1) is 0 Å². The Hall–Kier alpha value is -0.770. The lowest BCUT2D eigenvalue weighted by Gasteiger charge is -2.44. The van der Waals surface area contributed by atoms with Crippen molar-refractivity contribution in [3.05, 3.63) is 0 Å². The maximum absolute atomic E-state index is 11.5. The number of hydrogen-bond donors (Lipinski definition) is 2. The lowest BCUT2D eigenvalue weighted by atomic mass is 9.78. The third-order valence-electron chi connectivity index (χ3n) is 2.84. The van der Waals surface area contributed by atoms with Crippen LogP contribution in [0, 0.1) is 5.41 Å². The smallest absolute Gasteiger partial charge is 0.407 e. The topological polar surface area (TPSA) is 50.4 Å². The third-order valence-corrected chi connectivity index (χ3v) is 2.84. The van der Waals surface area contributed by atoms with E-state index < -0.39 is 5.60 Å². The lowest BCUT2D eigenvalue weighted by molar-refractivity contribution is 0.0416. The zero-order valence-corrected chi connectivity index (χ0v) is 10.3. The van der Waals surface area contributed by atoms with Crippen molar-refractivity contribution in [3.63, 3.8) is 0 Å². The molecule has 88 valence electrons.